The molecule has 0 amide bonds. The van der Waals surface area contributed by atoms with Crippen LogP contribution in [-0.4, -0.2) is 23.8 Å². The SMILES string of the molecule is CC(=O)OC1CC=CC1CCO. The fraction of sp³-hybridized carbons (Fsp3) is 0.667. The summed E-state index contributed by atoms with van der Waals surface area (Å²) in [4.78, 5) is 10.6. The minimum atomic E-state index is -0.244. The molecule has 3 heteroatoms. The van der Waals surface area contributed by atoms with Crippen molar-refractivity contribution >= 4 is 5.97 Å². The lowest BCUT2D eigenvalue weighted by molar-refractivity contribution is -0.147. The van der Waals surface area contributed by atoms with E-state index < -0.39 is 0 Å². The third-order valence-corrected chi connectivity index (χ3v) is 2.01. The highest BCUT2D eigenvalue weighted by Crippen LogP contribution is 2.24. The minimum Gasteiger partial charge on any atom is -0.462 e. The predicted molar refractivity (Wildman–Crippen MR) is 44.5 cm³/mol. The van der Waals surface area contributed by atoms with Gasteiger partial charge in [-0.1, -0.05) is 12.2 Å². The molecule has 2 unspecified atom stereocenters. The van der Waals surface area contributed by atoms with Crippen LogP contribution in [0.2, 0.25) is 0 Å². The van der Waals surface area contributed by atoms with E-state index in [1.54, 1.807) is 0 Å². The molecule has 1 N–H and O–H groups in total. The summed E-state index contributed by atoms with van der Waals surface area (Å²) in [6.07, 6.45) is 5.41. The van der Waals surface area contributed by atoms with Gasteiger partial charge < -0.3 is 9.84 Å². The maximum Gasteiger partial charge on any atom is 0.302 e. The highest BCUT2D eigenvalue weighted by Gasteiger charge is 2.24. The van der Waals surface area contributed by atoms with Crippen molar-refractivity contribution in [2.75, 3.05) is 6.61 Å². The first-order chi connectivity index (χ1) is 5.74. The van der Waals surface area contributed by atoms with Crippen molar-refractivity contribution in [2.24, 2.45) is 5.92 Å². The second-order valence-corrected chi connectivity index (χ2v) is 2.99. The van der Waals surface area contributed by atoms with Crippen molar-refractivity contribution in [3.05, 3.63) is 12.2 Å². The monoisotopic (exact) mass is 170 g/mol. The number of aliphatic hydroxyl groups is 1. The van der Waals surface area contributed by atoms with Gasteiger partial charge in [0.1, 0.15) is 6.10 Å². The Morgan fingerprint density at radius 1 is 1.75 bits per heavy atom. The smallest absolute Gasteiger partial charge is 0.302 e. The molecule has 0 aromatic rings. The summed E-state index contributed by atoms with van der Waals surface area (Å²) < 4.78 is 5.06. The summed E-state index contributed by atoms with van der Waals surface area (Å²) in [5.74, 6) is -0.0365. The summed E-state index contributed by atoms with van der Waals surface area (Å²) in [6, 6.07) is 0. The van der Waals surface area contributed by atoms with Gasteiger partial charge in [0.25, 0.3) is 0 Å². The van der Waals surface area contributed by atoms with Gasteiger partial charge in [0, 0.05) is 25.9 Å². The molecular weight excluding hydrogens is 156 g/mol. The molecule has 3 nitrogen and oxygen atoms in total. The maximum atomic E-state index is 10.6. The number of hydrogen-bond donors (Lipinski definition) is 1. The van der Waals surface area contributed by atoms with Crippen LogP contribution < -0.4 is 0 Å². The van der Waals surface area contributed by atoms with Gasteiger partial charge in [-0.2, -0.15) is 0 Å². The molecule has 12 heavy (non-hydrogen) atoms. The van der Waals surface area contributed by atoms with Crippen molar-refractivity contribution < 1.29 is 14.6 Å². The van der Waals surface area contributed by atoms with E-state index in [0.717, 1.165) is 6.42 Å². The minimum absolute atomic E-state index is 0.0466. The zero-order chi connectivity index (χ0) is 8.97. The standard InChI is InChI=1S/C9H14O3/c1-7(11)12-9-4-2-3-8(9)5-6-10/h2-3,8-10H,4-6H2,1H3. The summed E-state index contributed by atoms with van der Waals surface area (Å²) in [5, 5.41) is 8.70. The normalized spacial score (nSPS) is 27.5. The fourth-order valence-corrected chi connectivity index (χ4v) is 1.47. The molecule has 0 heterocycles. The Morgan fingerprint density at radius 2 is 2.50 bits per heavy atom. The van der Waals surface area contributed by atoms with Crippen LogP contribution in [0.3, 0.4) is 0 Å². The highest BCUT2D eigenvalue weighted by molar-refractivity contribution is 5.66. The van der Waals surface area contributed by atoms with Gasteiger partial charge in [-0.15, -0.1) is 0 Å². The first-order valence-corrected chi connectivity index (χ1v) is 4.18. The Labute approximate surface area is 72.0 Å². The average molecular weight is 170 g/mol. The van der Waals surface area contributed by atoms with E-state index in [0.29, 0.717) is 6.42 Å². The molecule has 0 aliphatic heterocycles. The van der Waals surface area contributed by atoms with E-state index in [-0.39, 0.29) is 24.6 Å². The lowest BCUT2D eigenvalue weighted by atomic mass is 10.0. The molecule has 68 valence electrons. The Hall–Kier alpha value is -0.830. The topological polar surface area (TPSA) is 46.5 Å². The van der Waals surface area contributed by atoms with E-state index >= 15 is 0 Å². The van der Waals surface area contributed by atoms with E-state index in [1.165, 1.54) is 6.92 Å². The molecule has 0 radical (unpaired) electrons. The van der Waals surface area contributed by atoms with E-state index in [9.17, 15) is 4.79 Å². The summed E-state index contributed by atoms with van der Waals surface area (Å²) in [6.45, 7) is 1.56. The van der Waals surface area contributed by atoms with Crippen LogP contribution in [0.5, 0.6) is 0 Å². The van der Waals surface area contributed by atoms with Crippen LogP contribution in [0.4, 0.5) is 0 Å². The second-order valence-electron chi connectivity index (χ2n) is 2.99. The van der Waals surface area contributed by atoms with Crippen molar-refractivity contribution in [3.63, 3.8) is 0 Å². The molecule has 0 aromatic heterocycles. The number of aliphatic hydroxyl groups excluding tert-OH is 1. The third kappa shape index (κ3) is 2.34. The number of rotatable bonds is 3. The Bertz CT molecular complexity index is 186. The second kappa shape index (κ2) is 4.26. The van der Waals surface area contributed by atoms with Crippen molar-refractivity contribution in [2.45, 2.75) is 25.9 Å². The van der Waals surface area contributed by atoms with E-state index in [4.69, 9.17) is 9.84 Å². The summed E-state index contributed by atoms with van der Waals surface area (Å²) in [5.41, 5.74) is 0. The molecule has 1 aliphatic carbocycles. The van der Waals surface area contributed by atoms with Gasteiger partial charge in [0.05, 0.1) is 0 Å². The van der Waals surface area contributed by atoms with Gasteiger partial charge in [-0.3, -0.25) is 4.79 Å². The van der Waals surface area contributed by atoms with Crippen molar-refractivity contribution in [1.82, 2.24) is 0 Å². The molecule has 0 bridgehead atoms. The quantitative estimate of drug-likeness (QED) is 0.505. The number of carbonyl (C=O) groups excluding carboxylic acids is 1. The molecule has 1 aliphatic rings. The van der Waals surface area contributed by atoms with Crippen LogP contribution in [0.15, 0.2) is 12.2 Å². The van der Waals surface area contributed by atoms with Crippen LogP contribution in [0.25, 0.3) is 0 Å². The Balaban J connectivity index is 2.39. The molecule has 0 fully saturated rings. The number of esters is 1. The zero-order valence-electron chi connectivity index (χ0n) is 7.19. The van der Waals surface area contributed by atoms with Crippen LogP contribution in [-0.2, 0) is 9.53 Å². The Kier molecular flexibility index (Phi) is 3.29. The van der Waals surface area contributed by atoms with Gasteiger partial charge in [0.15, 0.2) is 0 Å². The maximum absolute atomic E-state index is 10.6. The molecule has 0 spiro atoms. The van der Waals surface area contributed by atoms with E-state index in [1.807, 2.05) is 12.2 Å². The molecule has 0 saturated carbocycles. The van der Waals surface area contributed by atoms with Crippen LogP contribution in [0.1, 0.15) is 19.8 Å². The molecule has 0 saturated heterocycles. The van der Waals surface area contributed by atoms with Gasteiger partial charge in [0.2, 0.25) is 0 Å². The Morgan fingerprint density at radius 3 is 3.08 bits per heavy atom. The van der Waals surface area contributed by atoms with Crippen molar-refractivity contribution in [3.8, 4) is 0 Å². The number of carbonyl (C=O) groups is 1. The lowest BCUT2D eigenvalue weighted by Crippen LogP contribution is -2.21. The summed E-state index contributed by atoms with van der Waals surface area (Å²) in [7, 11) is 0. The van der Waals surface area contributed by atoms with Crippen molar-refractivity contribution in [1.29, 1.82) is 0 Å². The third-order valence-electron chi connectivity index (χ3n) is 2.01. The van der Waals surface area contributed by atoms with Gasteiger partial charge in [-0.25, -0.2) is 0 Å². The lowest BCUT2D eigenvalue weighted by Gasteiger charge is -2.17. The highest BCUT2D eigenvalue weighted by atomic mass is 16.5. The first kappa shape index (κ1) is 9.26. The van der Waals surface area contributed by atoms with Gasteiger partial charge >= 0.3 is 5.97 Å². The molecule has 2 atom stereocenters. The summed E-state index contributed by atoms with van der Waals surface area (Å²) >= 11 is 0. The average Bonchev–Trinajstić information content (AvgIpc) is 2.37. The fourth-order valence-electron chi connectivity index (χ4n) is 1.47. The molecule has 0 aromatic carbocycles. The van der Waals surface area contributed by atoms with Gasteiger partial charge in [-0.05, 0) is 6.42 Å². The zero-order valence-corrected chi connectivity index (χ0v) is 7.19. The molecular formula is C9H14O3. The van der Waals surface area contributed by atoms with Crippen LogP contribution in [0, 0.1) is 5.92 Å². The van der Waals surface area contributed by atoms with Crippen LogP contribution >= 0.6 is 0 Å². The number of ether oxygens (including phenoxy) is 1. The first-order valence-electron chi connectivity index (χ1n) is 4.18. The predicted octanol–water partition coefficient (Wildman–Crippen LogP) is 0.877. The number of hydrogen-bond acceptors (Lipinski definition) is 3. The largest absolute Gasteiger partial charge is 0.462 e. The van der Waals surface area contributed by atoms with E-state index in [2.05, 4.69) is 0 Å². The molecule has 1 rings (SSSR count).